The highest BCUT2D eigenvalue weighted by Crippen LogP contribution is 2.26. The minimum absolute atomic E-state index is 0.208. The van der Waals surface area contributed by atoms with Crippen molar-refractivity contribution in [2.24, 2.45) is 0 Å². The zero-order valence-electron chi connectivity index (χ0n) is 16.6. The van der Waals surface area contributed by atoms with E-state index in [1.807, 2.05) is 54.6 Å². The van der Waals surface area contributed by atoms with E-state index in [4.69, 9.17) is 9.47 Å². The van der Waals surface area contributed by atoms with Gasteiger partial charge in [-0.25, -0.2) is 4.79 Å². The fraction of sp³-hybridized carbons (Fsp3) is 0.364. The standard InChI is InChI=1S/C22H28N2O4/c1-16(2)19-11-7-8-12-20(19)28-17(3)21(25)23-13-14-24-22(26)27-15-18-9-5-4-6-10-18/h4-12,16-17H,13-15H2,1-3H3,(H,23,25)(H,24,26). The van der Waals surface area contributed by atoms with Gasteiger partial charge in [-0.05, 0) is 30.0 Å². The van der Waals surface area contributed by atoms with Crippen LogP contribution in [0.25, 0.3) is 0 Å². The Kier molecular flexibility index (Phi) is 8.34. The lowest BCUT2D eigenvalue weighted by Crippen LogP contribution is -2.40. The molecule has 0 aromatic heterocycles. The van der Waals surface area contributed by atoms with Crippen LogP contribution in [0.4, 0.5) is 4.79 Å². The monoisotopic (exact) mass is 384 g/mol. The minimum atomic E-state index is -0.634. The number of benzene rings is 2. The molecule has 0 bridgehead atoms. The molecule has 1 unspecified atom stereocenters. The molecule has 0 saturated heterocycles. The van der Waals surface area contributed by atoms with Gasteiger partial charge in [-0.2, -0.15) is 0 Å². The Morgan fingerprint density at radius 3 is 2.25 bits per heavy atom. The molecule has 2 aromatic rings. The molecule has 0 aliphatic rings. The van der Waals surface area contributed by atoms with E-state index < -0.39 is 12.2 Å². The van der Waals surface area contributed by atoms with Gasteiger partial charge in [0, 0.05) is 13.1 Å². The summed E-state index contributed by atoms with van der Waals surface area (Å²) in [6, 6.07) is 17.1. The fourth-order valence-corrected chi connectivity index (χ4v) is 2.58. The third-order valence-electron chi connectivity index (χ3n) is 4.12. The van der Waals surface area contributed by atoms with Gasteiger partial charge in [0.05, 0.1) is 0 Å². The summed E-state index contributed by atoms with van der Waals surface area (Å²) in [6.45, 7) is 6.63. The van der Waals surface area contributed by atoms with Gasteiger partial charge in [-0.15, -0.1) is 0 Å². The molecule has 2 rings (SSSR count). The highest BCUT2D eigenvalue weighted by Gasteiger charge is 2.16. The molecule has 0 spiro atoms. The first-order valence-electron chi connectivity index (χ1n) is 9.45. The third kappa shape index (κ3) is 6.95. The summed E-state index contributed by atoms with van der Waals surface area (Å²) in [5.41, 5.74) is 1.98. The number of rotatable bonds is 9. The topological polar surface area (TPSA) is 76.7 Å². The predicted molar refractivity (Wildman–Crippen MR) is 108 cm³/mol. The molecule has 0 fully saturated rings. The third-order valence-corrected chi connectivity index (χ3v) is 4.12. The van der Waals surface area contributed by atoms with Crippen molar-refractivity contribution in [1.82, 2.24) is 10.6 Å². The smallest absolute Gasteiger partial charge is 0.407 e. The minimum Gasteiger partial charge on any atom is -0.481 e. The Bertz CT molecular complexity index is 762. The molecule has 2 amide bonds. The quantitative estimate of drug-likeness (QED) is 0.648. The first-order valence-corrected chi connectivity index (χ1v) is 9.45. The summed E-state index contributed by atoms with van der Waals surface area (Å²) >= 11 is 0. The van der Waals surface area contributed by atoms with Gasteiger partial charge in [0.15, 0.2) is 6.10 Å². The number of hydrogen-bond donors (Lipinski definition) is 2. The van der Waals surface area contributed by atoms with Crippen molar-refractivity contribution in [3.63, 3.8) is 0 Å². The van der Waals surface area contributed by atoms with Gasteiger partial charge in [0.25, 0.3) is 5.91 Å². The second kappa shape index (κ2) is 11.0. The van der Waals surface area contributed by atoms with Crippen molar-refractivity contribution in [1.29, 1.82) is 0 Å². The Hall–Kier alpha value is -3.02. The zero-order valence-corrected chi connectivity index (χ0v) is 16.6. The molecule has 2 N–H and O–H groups in total. The van der Waals surface area contributed by atoms with Crippen LogP contribution >= 0.6 is 0 Å². The van der Waals surface area contributed by atoms with E-state index in [2.05, 4.69) is 24.5 Å². The first-order chi connectivity index (χ1) is 13.5. The van der Waals surface area contributed by atoms with Crippen LogP contribution in [-0.2, 0) is 16.1 Å². The van der Waals surface area contributed by atoms with Crippen LogP contribution in [-0.4, -0.2) is 31.2 Å². The molecule has 0 aliphatic carbocycles. The lowest BCUT2D eigenvalue weighted by Gasteiger charge is -2.18. The fourth-order valence-electron chi connectivity index (χ4n) is 2.58. The molecule has 0 radical (unpaired) electrons. The van der Waals surface area contributed by atoms with E-state index in [0.29, 0.717) is 18.2 Å². The number of para-hydroxylation sites is 1. The number of nitrogens with one attached hydrogen (secondary N) is 2. The van der Waals surface area contributed by atoms with E-state index in [-0.39, 0.29) is 19.1 Å². The highest BCUT2D eigenvalue weighted by molar-refractivity contribution is 5.80. The van der Waals surface area contributed by atoms with Crippen LogP contribution in [0, 0.1) is 0 Å². The van der Waals surface area contributed by atoms with Crippen LogP contribution in [0.2, 0.25) is 0 Å². The van der Waals surface area contributed by atoms with Gasteiger partial charge >= 0.3 is 6.09 Å². The molecule has 0 aliphatic heterocycles. The van der Waals surface area contributed by atoms with Crippen LogP contribution < -0.4 is 15.4 Å². The van der Waals surface area contributed by atoms with Crippen molar-refractivity contribution < 1.29 is 19.1 Å². The molecule has 0 saturated carbocycles. The van der Waals surface area contributed by atoms with E-state index >= 15 is 0 Å². The number of alkyl carbamates (subject to hydrolysis) is 1. The van der Waals surface area contributed by atoms with Crippen molar-refractivity contribution in [3.8, 4) is 5.75 Å². The molecule has 6 nitrogen and oxygen atoms in total. The molecule has 28 heavy (non-hydrogen) atoms. The second-order valence-electron chi connectivity index (χ2n) is 6.73. The second-order valence-corrected chi connectivity index (χ2v) is 6.73. The molecule has 150 valence electrons. The average molecular weight is 384 g/mol. The molecular formula is C22H28N2O4. The average Bonchev–Trinajstić information content (AvgIpc) is 2.70. The molecule has 1 atom stereocenters. The molecular weight excluding hydrogens is 356 g/mol. The number of carbonyl (C=O) groups is 2. The van der Waals surface area contributed by atoms with Gasteiger partial charge in [-0.3, -0.25) is 4.79 Å². The van der Waals surface area contributed by atoms with Crippen LogP contribution in [0.5, 0.6) is 5.75 Å². The van der Waals surface area contributed by atoms with Crippen LogP contribution in [0.3, 0.4) is 0 Å². The summed E-state index contributed by atoms with van der Waals surface area (Å²) in [7, 11) is 0. The normalized spacial score (nSPS) is 11.6. The molecule has 0 heterocycles. The van der Waals surface area contributed by atoms with E-state index in [1.165, 1.54) is 0 Å². The van der Waals surface area contributed by atoms with Crippen molar-refractivity contribution in [2.45, 2.75) is 39.4 Å². The maximum absolute atomic E-state index is 12.2. The Labute approximate surface area is 166 Å². The maximum Gasteiger partial charge on any atom is 0.407 e. The van der Waals surface area contributed by atoms with E-state index in [0.717, 1.165) is 11.1 Å². The van der Waals surface area contributed by atoms with E-state index in [9.17, 15) is 9.59 Å². The van der Waals surface area contributed by atoms with E-state index in [1.54, 1.807) is 6.92 Å². The van der Waals surface area contributed by atoms with Crippen LogP contribution in [0.1, 0.15) is 37.8 Å². The Morgan fingerprint density at radius 1 is 0.893 bits per heavy atom. The van der Waals surface area contributed by atoms with Gasteiger partial charge in [-0.1, -0.05) is 62.4 Å². The summed E-state index contributed by atoms with van der Waals surface area (Å²) in [5.74, 6) is 0.776. The SMILES string of the molecule is CC(Oc1ccccc1C(C)C)C(=O)NCCNC(=O)OCc1ccccc1. The zero-order chi connectivity index (χ0) is 20.4. The Balaban J connectivity index is 1.67. The highest BCUT2D eigenvalue weighted by atomic mass is 16.5. The first kappa shape index (κ1) is 21.3. The predicted octanol–water partition coefficient (Wildman–Crippen LogP) is 3.62. The Morgan fingerprint density at radius 2 is 1.54 bits per heavy atom. The summed E-state index contributed by atoms with van der Waals surface area (Å²) in [4.78, 5) is 23.9. The number of amides is 2. The van der Waals surface area contributed by atoms with Gasteiger partial charge < -0.3 is 20.1 Å². The number of carbonyl (C=O) groups excluding carboxylic acids is 2. The summed E-state index contributed by atoms with van der Waals surface area (Å²) in [5, 5.41) is 5.35. The summed E-state index contributed by atoms with van der Waals surface area (Å²) in [6.07, 6.45) is -1.15. The summed E-state index contributed by atoms with van der Waals surface area (Å²) < 4.78 is 10.9. The van der Waals surface area contributed by atoms with Crippen molar-refractivity contribution >= 4 is 12.0 Å². The van der Waals surface area contributed by atoms with Gasteiger partial charge in [0.2, 0.25) is 0 Å². The van der Waals surface area contributed by atoms with Crippen molar-refractivity contribution in [2.75, 3.05) is 13.1 Å². The molecule has 2 aromatic carbocycles. The number of ether oxygens (including phenoxy) is 2. The lowest BCUT2D eigenvalue weighted by molar-refractivity contribution is -0.127. The number of hydrogen-bond acceptors (Lipinski definition) is 4. The largest absolute Gasteiger partial charge is 0.481 e. The van der Waals surface area contributed by atoms with Crippen molar-refractivity contribution in [3.05, 3.63) is 65.7 Å². The van der Waals surface area contributed by atoms with Crippen LogP contribution in [0.15, 0.2) is 54.6 Å². The maximum atomic E-state index is 12.2. The lowest BCUT2D eigenvalue weighted by atomic mass is 10.0. The molecule has 6 heteroatoms. The van der Waals surface area contributed by atoms with Gasteiger partial charge in [0.1, 0.15) is 12.4 Å².